The lowest BCUT2D eigenvalue weighted by molar-refractivity contribution is 0.175. The lowest BCUT2D eigenvalue weighted by atomic mass is 10.1. The van der Waals surface area contributed by atoms with E-state index >= 15 is 0 Å². The van der Waals surface area contributed by atoms with Crippen molar-refractivity contribution in [3.63, 3.8) is 0 Å². The zero-order valence-electron chi connectivity index (χ0n) is 16.2. The van der Waals surface area contributed by atoms with Crippen molar-refractivity contribution >= 4 is 23.0 Å². The van der Waals surface area contributed by atoms with Gasteiger partial charge in [0.1, 0.15) is 11.5 Å². The van der Waals surface area contributed by atoms with Crippen LogP contribution in [0.1, 0.15) is 11.1 Å². The van der Waals surface area contributed by atoms with Crippen molar-refractivity contribution in [2.24, 2.45) is 0 Å². The van der Waals surface area contributed by atoms with E-state index in [2.05, 4.69) is 34.2 Å². The van der Waals surface area contributed by atoms with Crippen LogP contribution in [0, 0.1) is 6.92 Å². The molecule has 5 nitrogen and oxygen atoms in total. The van der Waals surface area contributed by atoms with Gasteiger partial charge in [-0.25, -0.2) is 0 Å². The van der Waals surface area contributed by atoms with E-state index in [0.29, 0.717) is 0 Å². The normalized spacial score (nSPS) is 14.7. The van der Waals surface area contributed by atoms with Crippen LogP contribution in [-0.2, 0) is 6.54 Å². The monoisotopic (exact) mass is 385 g/mol. The molecule has 1 aliphatic heterocycles. The van der Waals surface area contributed by atoms with Gasteiger partial charge >= 0.3 is 0 Å². The summed E-state index contributed by atoms with van der Waals surface area (Å²) < 4.78 is 10.8. The second kappa shape index (κ2) is 9.06. The first kappa shape index (κ1) is 19.5. The Morgan fingerprint density at radius 1 is 1.04 bits per heavy atom. The molecule has 0 atom stereocenters. The third kappa shape index (κ3) is 5.11. The molecule has 2 aromatic carbocycles. The lowest BCUT2D eigenvalue weighted by Gasteiger charge is -2.36. The summed E-state index contributed by atoms with van der Waals surface area (Å²) in [6.45, 7) is 6.76. The summed E-state index contributed by atoms with van der Waals surface area (Å²) in [5, 5.41) is 4.08. The molecule has 0 amide bonds. The molecule has 1 N–H and O–H groups in total. The number of thiocarbonyl (C=S) groups is 1. The minimum Gasteiger partial charge on any atom is -0.497 e. The predicted molar refractivity (Wildman–Crippen MR) is 114 cm³/mol. The topological polar surface area (TPSA) is 37.0 Å². The summed E-state index contributed by atoms with van der Waals surface area (Å²) in [7, 11) is 3.40. The van der Waals surface area contributed by atoms with Crippen LogP contribution in [0.5, 0.6) is 11.5 Å². The summed E-state index contributed by atoms with van der Waals surface area (Å²) in [5.41, 5.74) is 3.45. The molecule has 1 aliphatic rings. The number of rotatable bonds is 5. The number of hydrogen-bond donors (Lipinski definition) is 1. The highest BCUT2D eigenvalue weighted by Crippen LogP contribution is 2.22. The second-order valence-electron chi connectivity index (χ2n) is 6.74. The smallest absolute Gasteiger partial charge is 0.173 e. The highest BCUT2D eigenvalue weighted by atomic mass is 32.1. The van der Waals surface area contributed by atoms with Gasteiger partial charge in [0, 0.05) is 50.0 Å². The number of benzene rings is 2. The summed E-state index contributed by atoms with van der Waals surface area (Å²) >= 11 is 5.60. The van der Waals surface area contributed by atoms with Gasteiger partial charge in [-0.05, 0) is 37.3 Å². The average Bonchev–Trinajstić information content (AvgIpc) is 2.69. The number of anilines is 1. The molecule has 6 heteroatoms. The van der Waals surface area contributed by atoms with Crippen molar-refractivity contribution in [2.45, 2.75) is 13.5 Å². The minimum absolute atomic E-state index is 0.760. The third-order valence-corrected chi connectivity index (χ3v) is 5.17. The third-order valence-electron chi connectivity index (χ3n) is 4.81. The van der Waals surface area contributed by atoms with Crippen molar-refractivity contribution in [3.05, 3.63) is 53.6 Å². The Morgan fingerprint density at radius 3 is 2.52 bits per heavy atom. The van der Waals surface area contributed by atoms with Gasteiger partial charge in [-0.1, -0.05) is 23.8 Å². The molecule has 144 valence electrons. The molecule has 1 heterocycles. The van der Waals surface area contributed by atoms with E-state index in [9.17, 15) is 0 Å². The Labute approximate surface area is 166 Å². The predicted octanol–water partition coefficient (Wildman–Crippen LogP) is 3.53. The molecule has 27 heavy (non-hydrogen) atoms. The van der Waals surface area contributed by atoms with E-state index in [-0.39, 0.29) is 0 Å². The van der Waals surface area contributed by atoms with Crippen LogP contribution in [0.4, 0.5) is 5.69 Å². The minimum atomic E-state index is 0.760. The Balaban J connectivity index is 1.54. The SMILES string of the molecule is COc1cccc(NC(=S)N2CCN(Cc3cc(C)ccc3OC)CC2)c1. The Hall–Kier alpha value is -2.31. The first-order valence-electron chi connectivity index (χ1n) is 9.15. The number of nitrogens with one attached hydrogen (secondary N) is 1. The van der Waals surface area contributed by atoms with E-state index in [1.165, 1.54) is 11.1 Å². The Bertz CT molecular complexity index is 789. The van der Waals surface area contributed by atoms with Gasteiger partial charge in [0.05, 0.1) is 14.2 Å². The van der Waals surface area contributed by atoms with Crippen molar-refractivity contribution in [3.8, 4) is 11.5 Å². The molecule has 2 aromatic rings. The van der Waals surface area contributed by atoms with Gasteiger partial charge in [0.2, 0.25) is 0 Å². The number of piperazine rings is 1. The van der Waals surface area contributed by atoms with Crippen LogP contribution in [0.3, 0.4) is 0 Å². The van der Waals surface area contributed by atoms with Gasteiger partial charge in [-0.2, -0.15) is 0 Å². The molecule has 3 rings (SSSR count). The quantitative estimate of drug-likeness (QED) is 0.794. The van der Waals surface area contributed by atoms with Gasteiger partial charge in [0.25, 0.3) is 0 Å². The van der Waals surface area contributed by atoms with E-state index in [4.69, 9.17) is 21.7 Å². The molecule has 0 radical (unpaired) electrons. The number of aryl methyl sites for hydroxylation is 1. The van der Waals surface area contributed by atoms with Crippen LogP contribution in [0.2, 0.25) is 0 Å². The molecule has 0 saturated carbocycles. The van der Waals surface area contributed by atoms with E-state index in [0.717, 1.165) is 55.0 Å². The molecule has 1 fully saturated rings. The van der Waals surface area contributed by atoms with Crippen LogP contribution in [0.15, 0.2) is 42.5 Å². The van der Waals surface area contributed by atoms with Crippen molar-refractivity contribution < 1.29 is 9.47 Å². The van der Waals surface area contributed by atoms with E-state index < -0.39 is 0 Å². The first-order valence-corrected chi connectivity index (χ1v) is 9.55. The highest BCUT2D eigenvalue weighted by molar-refractivity contribution is 7.80. The molecule has 0 bridgehead atoms. The lowest BCUT2D eigenvalue weighted by Crippen LogP contribution is -2.49. The second-order valence-corrected chi connectivity index (χ2v) is 7.13. The van der Waals surface area contributed by atoms with Crippen molar-refractivity contribution in [1.29, 1.82) is 0 Å². The summed E-state index contributed by atoms with van der Waals surface area (Å²) in [4.78, 5) is 4.67. The van der Waals surface area contributed by atoms with Crippen LogP contribution in [0.25, 0.3) is 0 Å². The molecular weight excluding hydrogens is 358 g/mol. The molecule has 1 saturated heterocycles. The van der Waals surface area contributed by atoms with E-state index in [1.54, 1.807) is 14.2 Å². The van der Waals surface area contributed by atoms with Crippen LogP contribution in [-0.4, -0.2) is 55.3 Å². The fraction of sp³-hybridized carbons (Fsp3) is 0.381. The Kier molecular flexibility index (Phi) is 6.53. The maximum Gasteiger partial charge on any atom is 0.173 e. The molecule has 0 aliphatic carbocycles. The number of methoxy groups -OCH3 is 2. The Morgan fingerprint density at radius 2 is 1.81 bits per heavy atom. The fourth-order valence-corrected chi connectivity index (χ4v) is 3.58. The van der Waals surface area contributed by atoms with Gasteiger partial charge < -0.3 is 19.7 Å². The molecule has 0 aromatic heterocycles. The summed E-state index contributed by atoms with van der Waals surface area (Å²) in [6.07, 6.45) is 0. The average molecular weight is 386 g/mol. The summed E-state index contributed by atoms with van der Waals surface area (Å²) in [6, 6.07) is 14.2. The van der Waals surface area contributed by atoms with Gasteiger partial charge in [-0.3, -0.25) is 4.90 Å². The highest BCUT2D eigenvalue weighted by Gasteiger charge is 2.20. The van der Waals surface area contributed by atoms with Crippen molar-refractivity contribution in [1.82, 2.24) is 9.80 Å². The van der Waals surface area contributed by atoms with Gasteiger partial charge in [-0.15, -0.1) is 0 Å². The first-order chi connectivity index (χ1) is 13.1. The molecule has 0 unspecified atom stereocenters. The molecular formula is C21H27N3O2S. The van der Waals surface area contributed by atoms with Gasteiger partial charge in [0.15, 0.2) is 5.11 Å². The number of ether oxygens (including phenoxy) is 2. The van der Waals surface area contributed by atoms with Crippen LogP contribution >= 0.6 is 12.2 Å². The maximum atomic E-state index is 5.60. The number of nitrogens with zero attached hydrogens (tertiary/aromatic N) is 2. The standard InChI is InChI=1S/C21H27N3O2S/c1-16-7-8-20(26-3)17(13-16)15-23-9-11-24(12-10-23)21(27)22-18-5-4-6-19(14-18)25-2/h4-8,13-14H,9-12,15H2,1-3H3,(H,22,27). The fourth-order valence-electron chi connectivity index (χ4n) is 3.28. The van der Waals surface area contributed by atoms with Crippen molar-refractivity contribution in [2.75, 3.05) is 45.7 Å². The molecule has 0 spiro atoms. The van der Waals surface area contributed by atoms with Crippen LogP contribution < -0.4 is 14.8 Å². The summed E-state index contributed by atoms with van der Waals surface area (Å²) in [5.74, 6) is 1.78. The zero-order chi connectivity index (χ0) is 19.2. The maximum absolute atomic E-state index is 5.60. The van der Waals surface area contributed by atoms with E-state index in [1.807, 2.05) is 30.3 Å². The zero-order valence-corrected chi connectivity index (χ0v) is 17.0. The number of hydrogen-bond acceptors (Lipinski definition) is 4. The largest absolute Gasteiger partial charge is 0.497 e.